The molecule has 1 aromatic carbocycles. The summed E-state index contributed by atoms with van der Waals surface area (Å²) in [4.78, 5) is 15.2. The van der Waals surface area contributed by atoms with E-state index in [9.17, 15) is 4.79 Å². The van der Waals surface area contributed by atoms with Gasteiger partial charge in [0.1, 0.15) is 0 Å². The molecule has 3 aliphatic rings. The molecule has 21 heavy (non-hydrogen) atoms. The summed E-state index contributed by atoms with van der Waals surface area (Å²) in [5, 5.41) is 0. The lowest BCUT2D eigenvalue weighted by Gasteiger charge is -2.42. The van der Waals surface area contributed by atoms with Crippen LogP contribution in [-0.4, -0.2) is 22.9 Å². The SMILES string of the molecule is C=CC1CCN2C(=O)C(c3ccccc3)=C3CCCCC312. The van der Waals surface area contributed by atoms with Crippen molar-refractivity contribution in [2.24, 2.45) is 5.92 Å². The molecule has 1 aliphatic carbocycles. The van der Waals surface area contributed by atoms with Crippen molar-refractivity contribution in [1.82, 2.24) is 4.90 Å². The molecule has 2 heterocycles. The van der Waals surface area contributed by atoms with Crippen LogP contribution in [-0.2, 0) is 4.79 Å². The summed E-state index contributed by atoms with van der Waals surface area (Å²) >= 11 is 0. The van der Waals surface area contributed by atoms with Crippen molar-refractivity contribution in [3.05, 3.63) is 54.1 Å². The molecule has 2 unspecified atom stereocenters. The van der Waals surface area contributed by atoms with E-state index in [2.05, 4.69) is 29.7 Å². The summed E-state index contributed by atoms with van der Waals surface area (Å²) in [5.41, 5.74) is 3.44. The highest BCUT2D eigenvalue weighted by Crippen LogP contribution is 2.56. The second-order valence-electron chi connectivity index (χ2n) is 6.44. The molecule has 1 amide bonds. The van der Waals surface area contributed by atoms with Crippen molar-refractivity contribution < 1.29 is 4.79 Å². The molecular formula is C19H21NO. The molecular weight excluding hydrogens is 258 g/mol. The van der Waals surface area contributed by atoms with Gasteiger partial charge in [-0.25, -0.2) is 0 Å². The fraction of sp³-hybridized carbons (Fsp3) is 0.421. The van der Waals surface area contributed by atoms with E-state index < -0.39 is 0 Å². The largest absolute Gasteiger partial charge is 0.329 e. The van der Waals surface area contributed by atoms with Gasteiger partial charge >= 0.3 is 0 Å². The fourth-order valence-corrected chi connectivity index (χ4v) is 4.78. The Labute approximate surface area is 126 Å². The predicted molar refractivity (Wildman–Crippen MR) is 84.6 cm³/mol. The van der Waals surface area contributed by atoms with Gasteiger partial charge in [0.05, 0.1) is 5.54 Å². The molecule has 4 rings (SSSR count). The van der Waals surface area contributed by atoms with Gasteiger partial charge in [-0.2, -0.15) is 0 Å². The minimum Gasteiger partial charge on any atom is -0.329 e. The number of rotatable bonds is 2. The minimum absolute atomic E-state index is 0.0394. The molecule has 108 valence electrons. The summed E-state index contributed by atoms with van der Waals surface area (Å²) in [6.07, 6.45) is 7.77. The molecule has 2 nitrogen and oxygen atoms in total. The van der Waals surface area contributed by atoms with Crippen LogP contribution in [0.2, 0.25) is 0 Å². The molecule has 1 saturated carbocycles. The molecule has 0 bridgehead atoms. The Kier molecular flexibility index (Phi) is 2.81. The smallest absolute Gasteiger partial charge is 0.255 e. The molecule has 0 aromatic heterocycles. The number of benzene rings is 1. The standard InChI is InChI=1S/C19H21NO/c1-2-15-11-13-20-18(21)17(14-8-4-3-5-9-14)16-10-6-7-12-19(15,16)20/h2-5,8-9,15H,1,6-7,10-13H2. The van der Waals surface area contributed by atoms with E-state index in [1.54, 1.807) is 0 Å². The van der Waals surface area contributed by atoms with E-state index in [4.69, 9.17) is 0 Å². The first-order valence-electron chi connectivity index (χ1n) is 8.02. The second-order valence-corrected chi connectivity index (χ2v) is 6.44. The van der Waals surface area contributed by atoms with Crippen LogP contribution >= 0.6 is 0 Å². The molecule has 2 heteroatoms. The fourth-order valence-electron chi connectivity index (χ4n) is 4.78. The third-order valence-corrected chi connectivity index (χ3v) is 5.62. The first-order chi connectivity index (χ1) is 10.3. The van der Waals surface area contributed by atoms with Crippen molar-refractivity contribution in [1.29, 1.82) is 0 Å². The van der Waals surface area contributed by atoms with Gasteiger partial charge in [0.15, 0.2) is 0 Å². The van der Waals surface area contributed by atoms with Crippen LogP contribution in [0.1, 0.15) is 37.7 Å². The maximum absolute atomic E-state index is 13.0. The minimum atomic E-state index is -0.0394. The number of hydrogen-bond acceptors (Lipinski definition) is 1. The highest BCUT2D eigenvalue weighted by molar-refractivity contribution is 6.24. The van der Waals surface area contributed by atoms with Crippen LogP contribution in [0.15, 0.2) is 48.6 Å². The van der Waals surface area contributed by atoms with Crippen LogP contribution < -0.4 is 0 Å². The third-order valence-electron chi connectivity index (χ3n) is 5.62. The maximum Gasteiger partial charge on any atom is 0.255 e. The monoisotopic (exact) mass is 279 g/mol. The predicted octanol–water partition coefficient (Wildman–Crippen LogP) is 3.80. The Morgan fingerprint density at radius 2 is 2.05 bits per heavy atom. The van der Waals surface area contributed by atoms with E-state index >= 15 is 0 Å². The van der Waals surface area contributed by atoms with Gasteiger partial charge in [-0.05, 0) is 36.8 Å². The summed E-state index contributed by atoms with van der Waals surface area (Å²) in [5.74, 6) is 0.681. The van der Waals surface area contributed by atoms with Gasteiger partial charge in [0.25, 0.3) is 5.91 Å². The van der Waals surface area contributed by atoms with Crippen molar-refractivity contribution >= 4 is 11.5 Å². The van der Waals surface area contributed by atoms with Crippen LogP contribution in [0, 0.1) is 5.92 Å². The lowest BCUT2D eigenvalue weighted by Crippen LogP contribution is -2.48. The molecule has 0 radical (unpaired) electrons. The van der Waals surface area contributed by atoms with Crippen molar-refractivity contribution in [3.63, 3.8) is 0 Å². The quantitative estimate of drug-likeness (QED) is 0.754. The second kappa shape index (κ2) is 4.59. The maximum atomic E-state index is 13.0. The van der Waals surface area contributed by atoms with Gasteiger partial charge < -0.3 is 4.90 Å². The molecule has 1 saturated heterocycles. The van der Waals surface area contributed by atoms with Crippen LogP contribution in [0.5, 0.6) is 0 Å². The van der Waals surface area contributed by atoms with Gasteiger partial charge in [0, 0.05) is 18.0 Å². The highest BCUT2D eigenvalue weighted by atomic mass is 16.2. The summed E-state index contributed by atoms with van der Waals surface area (Å²) in [6.45, 7) is 4.94. The molecule has 2 atom stereocenters. The third kappa shape index (κ3) is 1.56. The molecule has 2 fully saturated rings. The Bertz CT molecular complexity index is 630. The zero-order valence-corrected chi connectivity index (χ0v) is 12.3. The van der Waals surface area contributed by atoms with Gasteiger partial charge in [-0.15, -0.1) is 6.58 Å². The Morgan fingerprint density at radius 1 is 1.24 bits per heavy atom. The summed E-state index contributed by atoms with van der Waals surface area (Å²) in [6, 6.07) is 10.2. The van der Waals surface area contributed by atoms with E-state index in [1.807, 2.05) is 18.2 Å². The first-order valence-corrected chi connectivity index (χ1v) is 8.02. The normalized spacial score (nSPS) is 31.3. The molecule has 0 N–H and O–H groups in total. The number of carbonyl (C=O) groups is 1. The highest BCUT2D eigenvalue weighted by Gasteiger charge is 2.58. The average molecular weight is 279 g/mol. The Balaban J connectivity index is 1.93. The number of carbonyl (C=O) groups excluding carboxylic acids is 1. The summed E-state index contributed by atoms with van der Waals surface area (Å²) in [7, 11) is 0. The van der Waals surface area contributed by atoms with E-state index in [0.29, 0.717) is 5.92 Å². The van der Waals surface area contributed by atoms with Crippen molar-refractivity contribution in [2.75, 3.05) is 6.54 Å². The van der Waals surface area contributed by atoms with Gasteiger partial charge in [-0.1, -0.05) is 42.8 Å². The lowest BCUT2D eigenvalue weighted by molar-refractivity contribution is -0.127. The molecule has 1 spiro atoms. The molecule has 1 aromatic rings. The topological polar surface area (TPSA) is 20.3 Å². The average Bonchev–Trinajstić information content (AvgIpc) is 3.00. The number of hydrogen-bond donors (Lipinski definition) is 0. The van der Waals surface area contributed by atoms with Gasteiger partial charge in [0.2, 0.25) is 0 Å². The van der Waals surface area contributed by atoms with Gasteiger partial charge in [-0.3, -0.25) is 4.79 Å². The first kappa shape index (κ1) is 12.9. The number of nitrogens with zero attached hydrogens (tertiary/aromatic N) is 1. The van der Waals surface area contributed by atoms with E-state index in [1.165, 1.54) is 18.4 Å². The Morgan fingerprint density at radius 3 is 2.81 bits per heavy atom. The van der Waals surface area contributed by atoms with Crippen molar-refractivity contribution in [3.8, 4) is 0 Å². The lowest BCUT2D eigenvalue weighted by atomic mass is 9.70. The Hall–Kier alpha value is -1.83. The van der Waals surface area contributed by atoms with Crippen LogP contribution in [0.4, 0.5) is 0 Å². The number of amides is 1. The zero-order chi connectivity index (χ0) is 14.4. The van der Waals surface area contributed by atoms with Crippen LogP contribution in [0.3, 0.4) is 0 Å². The van der Waals surface area contributed by atoms with Crippen LogP contribution in [0.25, 0.3) is 5.57 Å². The van der Waals surface area contributed by atoms with Crippen molar-refractivity contribution in [2.45, 2.75) is 37.6 Å². The van der Waals surface area contributed by atoms with E-state index in [-0.39, 0.29) is 11.4 Å². The zero-order valence-electron chi connectivity index (χ0n) is 12.3. The summed E-state index contributed by atoms with van der Waals surface area (Å²) < 4.78 is 0. The molecule has 2 aliphatic heterocycles. The van der Waals surface area contributed by atoms with E-state index in [0.717, 1.165) is 36.9 Å².